The highest BCUT2D eigenvalue weighted by atomic mass is 15.0. The Balaban J connectivity index is 1.27. The predicted octanol–water partition coefficient (Wildman–Crippen LogP) is 11.0. The van der Waals surface area contributed by atoms with Crippen LogP contribution in [0.25, 0.3) is 60.9 Å². The topological polar surface area (TPSA) is 52.5 Å². The highest BCUT2D eigenvalue weighted by Gasteiger charge is 2.30. The van der Waals surface area contributed by atoms with Crippen LogP contribution in [-0.4, -0.2) is 4.57 Å². The molecule has 0 atom stereocenters. The zero-order valence-electron chi connectivity index (χ0n) is 25.9. The zero-order valence-corrected chi connectivity index (χ0v) is 25.9. The molecule has 0 saturated heterocycles. The van der Waals surface area contributed by atoms with Crippen LogP contribution in [-0.2, 0) is 0 Å². The number of fused-ring (bicyclic) bond motifs is 6. The number of hydrogen-bond acceptors (Lipinski definition) is 2. The van der Waals surface area contributed by atoms with Crippen molar-refractivity contribution in [2.45, 2.75) is 5.92 Å². The van der Waals surface area contributed by atoms with Gasteiger partial charge in [-0.1, -0.05) is 121 Å². The normalized spacial score (nSPS) is 12.0. The van der Waals surface area contributed by atoms with Crippen LogP contribution in [0, 0.1) is 22.7 Å². The molecule has 48 heavy (non-hydrogen) atoms. The molecule has 0 fully saturated rings. The summed E-state index contributed by atoms with van der Waals surface area (Å²) in [6, 6.07) is 59.6. The van der Waals surface area contributed by atoms with Gasteiger partial charge in [0.25, 0.3) is 0 Å². The van der Waals surface area contributed by atoms with Gasteiger partial charge in [-0.3, -0.25) is 0 Å². The first-order valence-electron chi connectivity index (χ1n) is 16.1. The Morgan fingerprint density at radius 2 is 0.979 bits per heavy atom. The van der Waals surface area contributed by atoms with Crippen LogP contribution in [0.15, 0.2) is 158 Å². The van der Waals surface area contributed by atoms with E-state index >= 15 is 0 Å². The first-order valence-corrected chi connectivity index (χ1v) is 16.1. The maximum atomic E-state index is 10.6. The molecule has 3 nitrogen and oxygen atoms in total. The van der Waals surface area contributed by atoms with E-state index in [0.717, 1.165) is 55.3 Å². The van der Waals surface area contributed by atoms with Gasteiger partial charge in [0.15, 0.2) is 0 Å². The van der Waals surface area contributed by atoms with Gasteiger partial charge in [0, 0.05) is 16.7 Å². The highest BCUT2D eigenvalue weighted by molar-refractivity contribution is 6.09. The lowest BCUT2D eigenvalue weighted by molar-refractivity contribution is 1.02. The van der Waals surface area contributed by atoms with E-state index in [0.29, 0.717) is 11.1 Å². The molecule has 1 aliphatic rings. The van der Waals surface area contributed by atoms with E-state index < -0.39 is 0 Å². The molecule has 1 aliphatic carbocycles. The van der Waals surface area contributed by atoms with E-state index in [2.05, 4.69) is 132 Å². The van der Waals surface area contributed by atoms with Crippen LogP contribution in [0.5, 0.6) is 0 Å². The second kappa shape index (κ2) is 11.0. The molecule has 1 aromatic heterocycles. The van der Waals surface area contributed by atoms with Gasteiger partial charge < -0.3 is 4.57 Å². The summed E-state index contributed by atoms with van der Waals surface area (Å²) in [6.45, 7) is 0. The Morgan fingerprint density at radius 3 is 1.62 bits per heavy atom. The Hall–Kier alpha value is -6.68. The smallest absolute Gasteiger partial charge is 0.101 e. The van der Waals surface area contributed by atoms with Crippen molar-refractivity contribution in [1.82, 2.24) is 4.57 Å². The summed E-state index contributed by atoms with van der Waals surface area (Å²) in [6.07, 6.45) is 0. The van der Waals surface area contributed by atoms with Gasteiger partial charge in [-0.2, -0.15) is 10.5 Å². The molecule has 8 aromatic rings. The maximum absolute atomic E-state index is 10.6. The predicted molar refractivity (Wildman–Crippen MR) is 194 cm³/mol. The molecule has 3 heteroatoms. The standard InChI is InChI=1S/C45H27N3/c46-27-30-11-1-2-12-35(30)32-24-31(25-33(26-32)45-40-17-5-3-13-36(40)37-14-4-6-18-41(37)45)29-21-22-42(34(23-29)28-47)48-43-19-9-7-15-38(43)39-16-8-10-20-44(39)48/h1-26,45H. The summed E-state index contributed by atoms with van der Waals surface area (Å²) in [5, 5.41) is 23.0. The number of para-hydroxylation sites is 2. The number of hydrogen-bond donors (Lipinski definition) is 0. The molecule has 0 aliphatic heterocycles. The van der Waals surface area contributed by atoms with Gasteiger partial charge >= 0.3 is 0 Å². The summed E-state index contributed by atoms with van der Waals surface area (Å²) in [5.41, 5.74) is 14.2. The Labute approximate surface area is 278 Å². The first kappa shape index (κ1) is 27.6. The molecular formula is C45H27N3. The number of nitrogens with zero attached hydrogens (tertiary/aromatic N) is 3. The lowest BCUT2D eigenvalue weighted by Gasteiger charge is -2.19. The van der Waals surface area contributed by atoms with Gasteiger partial charge in [0.05, 0.1) is 33.9 Å². The van der Waals surface area contributed by atoms with Crippen molar-refractivity contribution in [3.63, 3.8) is 0 Å². The van der Waals surface area contributed by atoms with Gasteiger partial charge in [-0.15, -0.1) is 0 Å². The van der Waals surface area contributed by atoms with Crippen molar-refractivity contribution < 1.29 is 0 Å². The molecule has 1 heterocycles. The monoisotopic (exact) mass is 609 g/mol. The quantitative estimate of drug-likeness (QED) is 0.199. The lowest BCUT2D eigenvalue weighted by atomic mass is 9.85. The molecule has 222 valence electrons. The van der Waals surface area contributed by atoms with Crippen molar-refractivity contribution in [1.29, 1.82) is 10.5 Å². The van der Waals surface area contributed by atoms with Crippen molar-refractivity contribution >= 4 is 21.8 Å². The fourth-order valence-electron chi connectivity index (χ4n) is 7.67. The first-order chi connectivity index (χ1) is 23.7. The Morgan fingerprint density at radius 1 is 0.438 bits per heavy atom. The van der Waals surface area contributed by atoms with Crippen molar-refractivity contribution in [3.8, 4) is 51.2 Å². The van der Waals surface area contributed by atoms with Gasteiger partial charge in [0.1, 0.15) is 6.07 Å². The fraction of sp³-hybridized carbons (Fsp3) is 0.0222. The molecule has 0 spiro atoms. The van der Waals surface area contributed by atoms with Crippen LogP contribution in [0.2, 0.25) is 0 Å². The van der Waals surface area contributed by atoms with E-state index in [-0.39, 0.29) is 5.92 Å². The van der Waals surface area contributed by atoms with E-state index in [4.69, 9.17) is 0 Å². The minimum absolute atomic E-state index is 0.0395. The van der Waals surface area contributed by atoms with Gasteiger partial charge in [-0.25, -0.2) is 0 Å². The molecule has 0 saturated carbocycles. The molecule has 0 radical (unpaired) electrons. The highest BCUT2D eigenvalue weighted by Crippen LogP contribution is 2.49. The second-order valence-electron chi connectivity index (χ2n) is 12.3. The molecule has 0 unspecified atom stereocenters. The summed E-state index contributed by atoms with van der Waals surface area (Å²) >= 11 is 0. The minimum atomic E-state index is 0.0395. The van der Waals surface area contributed by atoms with Gasteiger partial charge in [0.2, 0.25) is 0 Å². The third kappa shape index (κ3) is 4.19. The van der Waals surface area contributed by atoms with Crippen molar-refractivity contribution in [3.05, 3.63) is 186 Å². The van der Waals surface area contributed by atoms with Crippen LogP contribution in [0.3, 0.4) is 0 Å². The number of rotatable bonds is 4. The summed E-state index contributed by atoms with van der Waals surface area (Å²) in [5.74, 6) is 0.0395. The van der Waals surface area contributed by atoms with Crippen molar-refractivity contribution in [2.24, 2.45) is 0 Å². The third-order valence-corrected chi connectivity index (χ3v) is 9.75. The van der Waals surface area contributed by atoms with Crippen molar-refractivity contribution in [2.75, 3.05) is 0 Å². The van der Waals surface area contributed by atoms with Gasteiger partial charge in [-0.05, 0) is 86.5 Å². The van der Waals surface area contributed by atoms with Crippen LogP contribution in [0.1, 0.15) is 33.7 Å². The molecule has 0 amide bonds. The maximum Gasteiger partial charge on any atom is 0.101 e. The van der Waals surface area contributed by atoms with Crippen LogP contribution in [0.4, 0.5) is 0 Å². The summed E-state index contributed by atoms with van der Waals surface area (Å²) in [7, 11) is 0. The average Bonchev–Trinajstić information content (AvgIpc) is 3.67. The number of aromatic nitrogens is 1. The third-order valence-electron chi connectivity index (χ3n) is 9.75. The zero-order chi connectivity index (χ0) is 32.2. The second-order valence-corrected chi connectivity index (χ2v) is 12.3. The lowest BCUT2D eigenvalue weighted by Crippen LogP contribution is -2.01. The Kier molecular flexibility index (Phi) is 6.32. The fourth-order valence-corrected chi connectivity index (χ4v) is 7.67. The molecule has 0 bridgehead atoms. The molecule has 7 aromatic carbocycles. The molecular weight excluding hydrogens is 583 g/mol. The average molecular weight is 610 g/mol. The SMILES string of the molecule is N#Cc1ccccc1-c1cc(-c2ccc(-n3c4ccccc4c4ccccc43)c(C#N)c2)cc(C2c3ccccc3-c3ccccc32)c1. The van der Waals surface area contributed by atoms with Crippen LogP contribution < -0.4 is 0 Å². The summed E-state index contributed by atoms with van der Waals surface area (Å²) < 4.78 is 2.20. The van der Waals surface area contributed by atoms with E-state index in [1.807, 2.05) is 42.5 Å². The number of nitriles is 2. The van der Waals surface area contributed by atoms with Crippen LogP contribution >= 0.6 is 0 Å². The van der Waals surface area contributed by atoms with E-state index in [9.17, 15) is 10.5 Å². The Bertz CT molecular complexity index is 2560. The molecule has 9 rings (SSSR count). The number of benzene rings is 7. The van der Waals surface area contributed by atoms with E-state index in [1.54, 1.807) is 0 Å². The minimum Gasteiger partial charge on any atom is -0.308 e. The molecule has 0 N–H and O–H groups in total. The van der Waals surface area contributed by atoms with E-state index in [1.165, 1.54) is 22.3 Å². The summed E-state index contributed by atoms with van der Waals surface area (Å²) in [4.78, 5) is 0. The largest absolute Gasteiger partial charge is 0.308 e.